The average Bonchev–Trinajstić information content (AvgIpc) is 3.25. The monoisotopic (exact) mass is 430 g/mol. The first kappa shape index (κ1) is 21.5. The van der Waals surface area contributed by atoms with Gasteiger partial charge in [-0.25, -0.2) is 9.97 Å². The Morgan fingerprint density at radius 3 is 2.62 bits per heavy atom. The SMILES string of the molecule is COc1cccc([C@H](C)Nc2nnc(-c3ccc(-n4cnc(C)c4)c(CO)n3)cc2C)c1. The number of ether oxygens (including phenoxy) is 1. The second kappa shape index (κ2) is 9.15. The molecular weight excluding hydrogens is 404 g/mol. The van der Waals surface area contributed by atoms with Crippen LogP contribution in [0.4, 0.5) is 5.82 Å². The van der Waals surface area contributed by atoms with Gasteiger partial charge in [0, 0.05) is 6.20 Å². The number of hydrogen-bond donors (Lipinski definition) is 2. The maximum absolute atomic E-state index is 9.85. The maximum atomic E-state index is 9.85. The highest BCUT2D eigenvalue weighted by atomic mass is 16.5. The van der Waals surface area contributed by atoms with Crippen LogP contribution in [0.5, 0.6) is 5.75 Å². The van der Waals surface area contributed by atoms with Gasteiger partial charge < -0.3 is 19.7 Å². The van der Waals surface area contributed by atoms with Crippen LogP contribution >= 0.6 is 0 Å². The van der Waals surface area contributed by atoms with E-state index in [-0.39, 0.29) is 12.6 Å². The van der Waals surface area contributed by atoms with Gasteiger partial charge in [-0.05, 0) is 62.2 Å². The van der Waals surface area contributed by atoms with Gasteiger partial charge in [0.1, 0.15) is 11.4 Å². The van der Waals surface area contributed by atoms with Crippen LogP contribution in [-0.4, -0.2) is 36.9 Å². The highest BCUT2D eigenvalue weighted by Crippen LogP contribution is 2.26. The van der Waals surface area contributed by atoms with Crippen molar-refractivity contribution in [1.29, 1.82) is 0 Å². The van der Waals surface area contributed by atoms with Gasteiger partial charge in [0.15, 0.2) is 5.82 Å². The molecule has 0 unspecified atom stereocenters. The Balaban J connectivity index is 1.57. The maximum Gasteiger partial charge on any atom is 0.152 e. The molecule has 0 saturated carbocycles. The van der Waals surface area contributed by atoms with E-state index in [2.05, 4.69) is 32.4 Å². The molecule has 0 aliphatic rings. The lowest BCUT2D eigenvalue weighted by molar-refractivity contribution is 0.276. The van der Waals surface area contributed by atoms with E-state index in [0.717, 1.165) is 28.3 Å². The van der Waals surface area contributed by atoms with Crippen molar-refractivity contribution < 1.29 is 9.84 Å². The second-order valence-corrected chi connectivity index (χ2v) is 7.65. The van der Waals surface area contributed by atoms with Crippen molar-refractivity contribution in [2.24, 2.45) is 0 Å². The summed E-state index contributed by atoms with van der Waals surface area (Å²) in [5.41, 5.74) is 5.56. The van der Waals surface area contributed by atoms with Crippen molar-refractivity contribution in [1.82, 2.24) is 24.7 Å². The summed E-state index contributed by atoms with van der Waals surface area (Å²) in [6.45, 7) is 5.77. The Morgan fingerprint density at radius 1 is 1.09 bits per heavy atom. The number of nitrogens with zero attached hydrogens (tertiary/aromatic N) is 5. The van der Waals surface area contributed by atoms with E-state index in [4.69, 9.17) is 4.74 Å². The van der Waals surface area contributed by atoms with Crippen LogP contribution in [0.15, 0.2) is 55.0 Å². The van der Waals surface area contributed by atoms with Crippen molar-refractivity contribution in [2.45, 2.75) is 33.4 Å². The van der Waals surface area contributed by atoms with Crippen molar-refractivity contribution in [3.8, 4) is 22.8 Å². The molecule has 3 heterocycles. The van der Waals surface area contributed by atoms with E-state index in [1.807, 2.05) is 67.1 Å². The van der Waals surface area contributed by atoms with Crippen molar-refractivity contribution in [2.75, 3.05) is 12.4 Å². The van der Waals surface area contributed by atoms with Crippen LogP contribution in [0.3, 0.4) is 0 Å². The molecule has 164 valence electrons. The summed E-state index contributed by atoms with van der Waals surface area (Å²) in [7, 11) is 1.66. The topological polar surface area (TPSA) is 98.0 Å². The molecule has 4 rings (SSSR count). The van der Waals surface area contributed by atoms with E-state index in [9.17, 15) is 5.11 Å². The number of rotatable bonds is 7. The van der Waals surface area contributed by atoms with Gasteiger partial charge in [-0.3, -0.25) is 0 Å². The summed E-state index contributed by atoms with van der Waals surface area (Å²) in [4.78, 5) is 8.85. The van der Waals surface area contributed by atoms with Gasteiger partial charge in [0.25, 0.3) is 0 Å². The summed E-state index contributed by atoms with van der Waals surface area (Å²) in [5, 5.41) is 22.0. The van der Waals surface area contributed by atoms with Crippen LogP contribution in [0, 0.1) is 13.8 Å². The Hall–Kier alpha value is -3.78. The highest BCUT2D eigenvalue weighted by Gasteiger charge is 2.14. The van der Waals surface area contributed by atoms with Gasteiger partial charge in [0.2, 0.25) is 0 Å². The van der Waals surface area contributed by atoms with Crippen LogP contribution < -0.4 is 10.1 Å². The molecule has 32 heavy (non-hydrogen) atoms. The number of aryl methyl sites for hydroxylation is 2. The Kier molecular flexibility index (Phi) is 6.13. The molecule has 1 aromatic carbocycles. The number of aliphatic hydroxyl groups is 1. The van der Waals surface area contributed by atoms with Crippen LogP contribution in [0.25, 0.3) is 17.1 Å². The molecule has 8 heteroatoms. The molecule has 0 aliphatic carbocycles. The van der Waals surface area contributed by atoms with E-state index in [1.165, 1.54) is 0 Å². The zero-order valence-electron chi connectivity index (χ0n) is 18.6. The van der Waals surface area contributed by atoms with E-state index in [0.29, 0.717) is 22.9 Å². The summed E-state index contributed by atoms with van der Waals surface area (Å²) < 4.78 is 7.16. The first-order valence-electron chi connectivity index (χ1n) is 10.4. The normalized spacial score (nSPS) is 11.9. The van der Waals surface area contributed by atoms with E-state index < -0.39 is 0 Å². The fraction of sp³-hybridized carbons (Fsp3) is 0.250. The summed E-state index contributed by atoms with van der Waals surface area (Å²) in [5.74, 6) is 1.52. The van der Waals surface area contributed by atoms with Gasteiger partial charge in [0.05, 0.1) is 48.9 Å². The molecule has 1 atom stereocenters. The minimum absolute atomic E-state index is 0.0287. The molecule has 0 fully saturated rings. The van der Waals surface area contributed by atoms with E-state index in [1.54, 1.807) is 13.4 Å². The van der Waals surface area contributed by atoms with Crippen molar-refractivity contribution in [3.63, 3.8) is 0 Å². The molecule has 0 spiro atoms. The predicted molar refractivity (Wildman–Crippen MR) is 123 cm³/mol. The number of aliphatic hydroxyl groups excluding tert-OH is 1. The molecule has 3 aromatic heterocycles. The number of methoxy groups -OCH3 is 1. The van der Waals surface area contributed by atoms with Crippen molar-refractivity contribution >= 4 is 5.82 Å². The molecule has 4 aromatic rings. The molecule has 0 bridgehead atoms. The quantitative estimate of drug-likeness (QED) is 0.457. The number of nitrogens with one attached hydrogen (secondary N) is 1. The lowest BCUT2D eigenvalue weighted by Crippen LogP contribution is -2.10. The van der Waals surface area contributed by atoms with Crippen LogP contribution in [0.1, 0.15) is 35.5 Å². The van der Waals surface area contributed by atoms with Crippen LogP contribution in [0.2, 0.25) is 0 Å². The number of anilines is 1. The standard InChI is InChI=1S/C24H26N6O2/c1-15-10-21(20-8-9-23(22(13-31)27-20)30-12-16(2)25-14-30)28-29-24(15)26-17(3)18-6-5-7-19(11-18)32-4/h5-12,14,17,31H,13H2,1-4H3,(H,26,29)/t17-/m0/s1. The molecule has 0 saturated heterocycles. The molecule has 0 aliphatic heterocycles. The molecule has 8 nitrogen and oxygen atoms in total. The van der Waals surface area contributed by atoms with Gasteiger partial charge >= 0.3 is 0 Å². The molecule has 2 N–H and O–H groups in total. The first-order chi connectivity index (χ1) is 15.5. The summed E-state index contributed by atoms with van der Waals surface area (Å²) >= 11 is 0. The zero-order chi connectivity index (χ0) is 22.7. The number of benzene rings is 1. The third-order valence-electron chi connectivity index (χ3n) is 5.28. The fourth-order valence-corrected chi connectivity index (χ4v) is 3.49. The molecular formula is C24H26N6O2. The van der Waals surface area contributed by atoms with Gasteiger partial charge in [-0.15, -0.1) is 10.2 Å². The number of aromatic nitrogens is 5. The predicted octanol–water partition coefficient (Wildman–Crippen LogP) is 4.02. The van der Waals surface area contributed by atoms with Crippen LogP contribution in [-0.2, 0) is 6.61 Å². The minimum atomic E-state index is -0.190. The lowest BCUT2D eigenvalue weighted by Gasteiger charge is -2.17. The Morgan fingerprint density at radius 2 is 1.94 bits per heavy atom. The smallest absolute Gasteiger partial charge is 0.152 e. The first-order valence-corrected chi connectivity index (χ1v) is 10.4. The number of hydrogen-bond acceptors (Lipinski definition) is 7. The Labute approximate surface area is 187 Å². The lowest BCUT2D eigenvalue weighted by atomic mass is 10.1. The third kappa shape index (κ3) is 4.45. The van der Waals surface area contributed by atoms with Crippen molar-refractivity contribution in [3.05, 3.63) is 77.5 Å². The third-order valence-corrected chi connectivity index (χ3v) is 5.28. The van der Waals surface area contributed by atoms with Gasteiger partial charge in [-0.1, -0.05) is 12.1 Å². The summed E-state index contributed by atoms with van der Waals surface area (Å²) in [6, 6.07) is 13.7. The molecule has 0 amide bonds. The number of pyridine rings is 1. The number of imidazole rings is 1. The second-order valence-electron chi connectivity index (χ2n) is 7.65. The zero-order valence-corrected chi connectivity index (χ0v) is 18.6. The Bertz CT molecular complexity index is 1240. The fourth-order valence-electron chi connectivity index (χ4n) is 3.49. The van der Waals surface area contributed by atoms with E-state index >= 15 is 0 Å². The molecule has 0 radical (unpaired) electrons. The highest BCUT2D eigenvalue weighted by molar-refractivity contribution is 5.60. The summed E-state index contributed by atoms with van der Waals surface area (Å²) in [6.07, 6.45) is 3.60. The average molecular weight is 431 g/mol. The minimum Gasteiger partial charge on any atom is -0.497 e. The van der Waals surface area contributed by atoms with Gasteiger partial charge in [-0.2, -0.15) is 0 Å². The largest absolute Gasteiger partial charge is 0.497 e.